The zero-order valence-electron chi connectivity index (χ0n) is 12.0. The number of benzene rings is 1. The highest BCUT2D eigenvalue weighted by Gasteiger charge is 2.07. The monoisotopic (exact) mass is 290 g/mol. The van der Waals surface area contributed by atoms with E-state index in [0.29, 0.717) is 30.1 Å². The fourth-order valence-corrected chi connectivity index (χ4v) is 1.88. The standard InChI is InChI=1S/C14H18N4O3/c1-18-5-4-16-13(18)3-6-21-12-8-10(14(15)17-19)7-11(9-12)20-2/h4-5,7-9,19H,3,6H2,1-2H3,(H2,15,17). The van der Waals surface area contributed by atoms with Crippen LogP contribution in [0.5, 0.6) is 11.5 Å². The van der Waals surface area contributed by atoms with Crippen molar-refractivity contribution in [1.29, 1.82) is 0 Å². The first-order valence-electron chi connectivity index (χ1n) is 6.40. The number of imidazole rings is 1. The Morgan fingerprint density at radius 3 is 2.76 bits per heavy atom. The molecule has 0 fully saturated rings. The Kier molecular flexibility index (Phi) is 4.65. The van der Waals surface area contributed by atoms with Gasteiger partial charge in [-0.3, -0.25) is 0 Å². The van der Waals surface area contributed by atoms with E-state index < -0.39 is 0 Å². The predicted molar refractivity (Wildman–Crippen MR) is 77.9 cm³/mol. The molecule has 0 radical (unpaired) electrons. The van der Waals surface area contributed by atoms with Gasteiger partial charge in [-0.25, -0.2) is 4.98 Å². The molecule has 0 atom stereocenters. The zero-order valence-corrected chi connectivity index (χ0v) is 12.0. The van der Waals surface area contributed by atoms with Crippen LogP contribution in [0.25, 0.3) is 0 Å². The second-order valence-corrected chi connectivity index (χ2v) is 4.44. The van der Waals surface area contributed by atoms with Crippen molar-refractivity contribution in [2.75, 3.05) is 13.7 Å². The van der Waals surface area contributed by atoms with Crippen molar-refractivity contribution in [2.24, 2.45) is 17.9 Å². The van der Waals surface area contributed by atoms with Crippen molar-refractivity contribution in [3.63, 3.8) is 0 Å². The Morgan fingerprint density at radius 2 is 2.14 bits per heavy atom. The molecule has 1 aromatic heterocycles. The van der Waals surface area contributed by atoms with E-state index in [-0.39, 0.29) is 5.84 Å². The first-order valence-corrected chi connectivity index (χ1v) is 6.40. The minimum absolute atomic E-state index is 0.00264. The SMILES string of the molecule is COc1cc(OCCc2nccn2C)cc(/C(N)=N/O)c1. The van der Waals surface area contributed by atoms with Crippen LogP contribution in [0.3, 0.4) is 0 Å². The van der Waals surface area contributed by atoms with E-state index in [1.165, 1.54) is 0 Å². The summed E-state index contributed by atoms with van der Waals surface area (Å²) >= 11 is 0. The van der Waals surface area contributed by atoms with Gasteiger partial charge >= 0.3 is 0 Å². The van der Waals surface area contributed by atoms with Crippen LogP contribution in [0.4, 0.5) is 0 Å². The van der Waals surface area contributed by atoms with Crippen LogP contribution in [-0.4, -0.2) is 34.3 Å². The fourth-order valence-electron chi connectivity index (χ4n) is 1.88. The van der Waals surface area contributed by atoms with Crippen LogP contribution in [0, 0.1) is 0 Å². The molecule has 2 rings (SSSR count). The average Bonchev–Trinajstić information content (AvgIpc) is 2.91. The number of amidine groups is 1. The number of ether oxygens (including phenoxy) is 2. The molecule has 1 heterocycles. The second-order valence-electron chi connectivity index (χ2n) is 4.44. The molecular weight excluding hydrogens is 272 g/mol. The third kappa shape index (κ3) is 3.65. The Bertz CT molecular complexity index is 637. The van der Waals surface area contributed by atoms with Crippen LogP contribution >= 0.6 is 0 Å². The highest BCUT2D eigenvalue weighted by atomic mass is 16.5. The summed E-state index contributed by atoms with van der Waals surface area (Å²) in [5.41, 5.74) is 6.12. The summed E-state index contributed by atoms with van der Waals surface area (Å²) in [6.45, 7) is 0.466. The van der Waals surface area contributed by atoms with Crippen molar-refractivity contribution in [1.82, 2.24) is 9.55 Å². The summed E-state index contributed by atoms with van der Waals surface area (Å²) in [4.78, 5) is 4.23. The maximum absolute atomic E-state index is 8.74. The van der Waals surface area contributed by atoms with E-state index in [2.05, 4.69) is 10.1 Å². The summed E-state index contributed by atoms with van der Waals surface area (Å²) in [6, 6.07) is 5.10. The molecule has 0 aliphatic heterocycles. The molecule has 0 aliphatic rings. The number of methoxy groups -OCH3 is 1. The number of aromatic nitrogens is 2. The maximum atomic E-state index is 8.74. The van der Waals surface area contributed by atoms with Gasteiger partial charge in [-0.2, -0.15) is 0 Å². The van der Waals surface area contributed by atoms with Gasteiger partial charge in [0.05, 0.1) is 13.7 Å². The number of oxime groups is 1. The molecule has 3 N–H and O–H groups in total. The van der Waals surface area contributed by atoms with E-state index in [9.17, 15) is 0 Å². The third-order valence-corrected chi connectivity index (χ3v) is 3.03. The number of hydrogen-bond acceptors (Lipinski definition) is 5. The lowest BCUT2D eigenvalue weighted by Gasteiger charge is -2.10. The maximum Gasteiger partial charge on any atom is 0.170 e. The van der Waals surface area contributed by atoms with E-state index in [4.69, 9.17) is 20.4 Å². The van der Waals surface area contributed by atoms with Gasteiger partial charge in [0.25, 0.3) is 0 Å². The molecule has 21 heavy (non-hydrogen) atoms. The number of nitrogens with zero attached hydrogens (tertiary/aromatic N) is 3. The Balaban J connectivity index is 2.07. The molecule has 0 unspecified atom stereocenters. The normalized spacial score (nSPS) is 11.4. The minimum Gasteiger partial charge on any atom is -0.497 e. The van der Waals surface area contributed by atoms with E-state index in [1.807, 2.05) is 17.8 Å². The number of aryl methyl sites for hydroxylation is 1. The summed E-state index contributed by atoms with van der Waals surface area (Å²) < 4.78 is 12.8. The highest BCUT2D eigenvalue weighted by Crippen LogP contribution is 2.22. The second kappa shape index (κ2) is 6.65. The molecule has 112 valence electrons. The predicted octanol–water partition coefficient (Wildman–Crippen LogP) is 1.14. The molecule has 0 spiro atoms. The lowest BCUT2D eigenvalue weighted by molar-refractivity contribution is 0.314. The quantitative estimate of drug-likeness (QED) is 0.360. The van der Waals surface area contributed by atoms with Crippen molar-refractivity contribution in [2.45, 2.75) is 6.42 Å². The van der Waals surface area contributed by atoms with Crippen LogP contribution in [0.1, 0.15) is 11.4 Å². The van der Waals surface area contributed by atoms with Crippen molar-refractivity contribution >= 4 is 5.84 Å². The molecule has 2 aromatic rings. The van der Waals surface area contributed by atoms with Gasteiger partial charge in [-0.1, -0.05) is 5.16 Å². The number of hydrogen-bond donors (Lipinski definition) is 2. The Morgan fingerprint density at radius 1 is 1.38 bits per heavy atom. The van der Waals surface area contributed by atoms with E-state index in [1.54, 1.807) is 31.5 Å². The van der Waals surface area contributed by atoms with Gasteiger partial charge in [0.2, 0.25) is 0 Å². The van der Waals surface area contributed by atoms with Crippen molar-refractivity contribution in [3.05, 3.63) is 42.0 Å². The molecule has 0 aliphatic carbocycles. The van der Waals surface area contributed by atoms with Gasteiger partial charge in [0.15, 0.2) is 5.84 Å². The smallest absolute Gasteiger partial charge is 0.170 e. The molecule has 0 saturated carbocycles. The Labute approximate surface area is 122 Å². The summed E-state index contributed by atoms with van der Waals surface area (Å²) in [6.07, 6.45) is 4.31. The van der Waals surface area contributed by atoms with Crippen molar-refractivity contribution in [3.8, 4) is 11.5 Å². The number of rotatable bonds is 6. The third-order valence-electron chi connectivity index (χ3n) is 3.03. The largest absolute Gasteiger partial charge is 0.497 e. The summed E-state index contributed by atoms with van der Waals surface area (Å²) in [5.74, 6) is 2.11. The van der Waals surface area contributed by atoms with Crippen LogP contribution in [0.2, 0.25) is 0 Å². The van der Waals surface area contributed by atoms with Crippen molar-refractivity contribution < 1.29 is 14.7 Å². The van der Waals surface area contributed by atoms with Gasteiger partial charge < -0.3 is 25.0 Å². The summed E-state index contributed by atoms with van der Waals surface area (Å²) in [7, 11) is 3.48. The lowest BCUT2D eigenvalue weighted by Crippen LogP contribution is -2.13. The fraction of sp³-hybridized carbons (Fsp3) is 0.286. The molecule has 7 heteroatoms. The molecule has 0 saturated heterocycles. The van der Waals surface area contributed by atoms with Gasteiger partial charge in [-0.15, -0.1) is 0 Å². The topological polar surface area (TPSA) is 94.9 Å². The van der Waals surface area contributed by atoms with Crippen LogP contribution in [-0.2, 0) is 13.5 Å². The van der Waals surface area contributed by atoms with Gasteiger partial charge in [-0.05, 0) is 12.1 Å². The van der Waals surface area contributed by atoms with Gasteiger partial charge in [0, 0.05) is 37.5 Å². The molecule has 0 bridgehead atoms. The lowest BCUT2D eigenvalue weighted by atomic mass is 10.2. The number of nitrogens with two attached hydrogens (primary N) is 1. The van der Waals surface area contributed by atoms with E-state index in [0.717, 1.165) is 5.82 Å². The zero-order chi connectivity index (χ0) is 15.2. The first-order chi connectivity index (χ1) is 10.1. The summed E-state index contributed by atoms with van der Waals surface area (Å²) in [5, 5.41) is 11.7. The molecule has 0 amide bonds. The van der Waals surface area contributed by atoms with Crippen LogP contribution < -0.4 is 15.2 Å². The molecular formula is C14H18N4O3. The van der Waals surface area contributed by atoms with Gasteiger partial charge in [0.1, 0.15) is 17.3 Å². The molecule has 7 nitrogen and oxygen atoms in total. The van der Waals surface area contributed by atoms with Crippen LogP contribution in [0.15, 0.2) is 35.7 Å². The average molecular weight is 290 g/mol. The Hall–Kier alpha value is -2.70. The highest BCUT2D eigenvalue weighted by molar-refractivity contribution is 5.97. The minimum atomic E-state index is 0.00264. The molecule has 1 aromatic carbocycles. The van der Waals surface area contributed by atoms with E-state index >= 15 is 0 Å². The first kappa shape index (κ1) is 14.7.